The predicted molar refractivity (Wildman–Crippen MR) is 59.3 cm³/mol. The highest BCUT2D eigenvalue weighted by molar-refractivity contribution is 6.29. The highest BCUT2D eigenvalue weighted by atomic mass is 35.5. The molecule has 1 unspecified atom stereocenters. The summed E-state index contributed by atoms with van der Waals surface area (Å²) in [6.07, 6.45) is 7.38. The first-order valence-electron chi connectivity index (χ1n) is 4.85. The maximum Gasteiger partial charge on any atom is 0.129 e. The lowest BCUT2D eigenvalue weighted by molar-refractivity contribution is 0.731. The van der Waals surface area contributed by atoms with E-state index in [-0.39, 0.29) is 0 Å². The maximum absolute atomic E-state index is 5.69. The molecule has 2 nitrogen and oxygen atoms in total. The fourth-order valence-electron chi connectivity index (χ4n) is 1.57. The molecule has 1 N–H and O–H groups in total. The molecule has 0 radical (unpaired) electrons. The quantitative estimate of drug-likeness (QED) is 0.755. The van der Waals surface area contributed by atoms with E-state index in [4.69, 9.17) is 11.6 Å². The number of nitrogens with one attached hydrogen (secondary N) is 1. The lowest BCUT2D eigenvalue weighted by Crippen LogP contribution is -2.07. The van der Waals surface area contributed by atoms with Gasteiger partial charge < -0.3 is 5.32 Å². The van der Waals surface area contributed by atoms with Crippen molar-refractivity contribution in [1.29, 1.82) is 0 Å². The van der Waals surface area contributed by atoms with E-state index in [9.17, 15) is 0 Å². The molecule has 0 bridgehead atoms. The molecule has 1 aliphatic heterocycles. The fourth-order valence-corrected chi connectivity index (χ4v) is 1.69. The van der Waals surface area contributed by atoms with E-state index in [1.807, 2.05) is 12.1 Å². The average molecular weight is 209 g/mol. The smallest absolute Gasteiger partial charge is 0.129 e. The van der Waals surface area contributed by atoms with Crippen LogP contribution in [0.3, 0.4) is 0 Å². The second kappa shape index (κ2) is 4.58. The molecule has 1 aromatic rings. The number of rotatable bonds is 2. The van der Waals surface area contributed by atoms with Gasteiger partial charge in [-0.05, 0) is 30.5 Å². The Kier molecular flexibility index (Phi) is 3.17. The third kappa shape index (κ3) is 2.56. The number of aromatic nitrogens is 1. The molecule has 74 valence electrons. The highest BCUT2D eigenvalue weighted by Gasteiger charge is 2.09. The molecule has 0 aliphatic carbocycles. The number of pyridine rings is 1. The Bertz CT molecular complexity index is 313. The van der Waals surface area contributed by atoms with Crippen LogP contribution in [0.4, 0.5) is 0 Å². The average Bonchev–Trinajstić information content (AvgIpc) is 2.70. The topological polar surface area (TPSA) is 24.9 Å². The zero-order valence-corrected chi connectivity index (χ0v) is 8.67. The monoisotopic (exact) mass is 208 g/mol. The first kappa shape index (κ1) is 9.69. The van der Waals surface area contributed by atoms with Crippen LogP contribution < -0.4 is 5.32 Å². The molecule has 0 spiro atoms. The third-order valence-corrected chi connectivity index (χ3v) is 2.63. The second-order valence-corrected chi connectivity index (χ2v) is 3.91. The molecule has 1 aromatic heterocycles. The van der Waals surface area contributed by atoms with E-state index < -0.39 is 0 Å². The summed E-state index contributed by atoms with van der Waals surface area (Å²) < 4.78 is 0. The Morgan fingerprint density at radius 1 is 1.50 bits per heavy atom. The van der Waals surface area contributed by atoms with Gasteiger partial charge >= 0.3 is 0 Å². The van der Waals surface area contributed by atoms with Gasteiger partial charge in [0.15, 0.2) is 0 Å². The summed E-state index contributed by atoms with van der Waals surface area (Å²) in [6, 6.07) is 3.79. The van der Waals surface area contributed by atoms with Crippen LogP contribution in [0.5, 0.6) is 0 Å². The number of hydrogen-bond acceptors (Lipinski definition) is 2. The van der Waals surface area contributed by atoms with E-state index in [2.05, 4.69) is 22.5 Å². The van der Waals surface area contributed by atoms with Crippen LogP contribution in [0.1, 0.15) is 12.0 Å². The van der Waals surface area contributed by atoms with Crippen molar-refractivity contribution >= 4 is 17.7 Å². The molecule has 2 heterocycles. The molecule has 1 atom stereocenters. The summed E-state index contributed by atoms with van der Waals surface area (Å²) >= 11 is 5.69. The molecule has 1 saturated heterocycles. The Balaban J connectivity index is 1.99. The molecule has 0 saturated carbocycles. The molecule has 0 aromatic carbocycles. The normalized spacial score (nSPS) is 21.9. The van der Waals surface area contributed by atoms with Crippen LogP contribution in [0, 0.1) is 5.92 Å². The Morgan fingerprint density at radius 2 is 2.43 bits per heavy atom. The lowest BCUT2D eigenvalue weighted by Gasteiger charge is -1.99. The zero-order valence-electron chi connectivity index (χ0n) is 7.91. The summed E-state index contributed by atoms with van der Waals surface area (Å²) in [5, 5.41) is 3.88. The van der Waals surface area contributed by atoms with Gasteiger partial charge in [0.2, 0.25) is 0 Å². The van der Waals surface area contributed by atoms with E-state index in [1.54, 1.807) is 6.20 Å². The molecular weight excluding hydrogens is 196 g/mol. The Labute approximate surface area is 89.0 Å². The van der Waals surface area contributed by atoms with Crippen molar-refractivity contribution < 1.29 is 0 Å². The van der Waals surface area contributed by atoms with Crippen LogP contribution in [-0.4, -0.2) is 18.1 Å². The van der Waals surface area contributed by atoms with Crippen LogP contribution >= 0.6 is 11.6 Å². The summed E-state index contributed by atoms with van der Waals surface area (Å²) in [4.78, 5) is 4.02. The van der Waals surface area contributed by atoms with Gasteiger partial charge in [-0.3, -0.25) is 0 Å². The molecule has 0 amide bonds. The Morgan fingerprint density at radius 3 is 3.07 bits per heavy atom. The highest BCUT2D eigenvalue weighted by Crippen LogP contribution is 2.12. The van der Waals surface area contributed by atoms with Gasteiger partial charge in [-0.1, -0.05) is 29.8 Å². The van der Waals surface area contributed by atoms with Crippen molar-refractivity contribution in [3.8, 4) is 0 Å². The minimum Gasteiger partial charge on any atom is -0.316 e. The molecule has 14 heavy (non-hydrogen) atoms. The predicted octanol–water partition coefficient (Wildman–Crippen LogP) is 2.36. The number of hydrogen-bond donors (Lipinski definition) is 1. The van der Waals surface area contributed by atoms with Crippen molar-refractivity contribution in [2.24, 2.45) is 5.92 Å². The van der Waals surface area contributed by atoms with Crippen LogP contribution in [0.15, 0.2) is 24.4 Å². The standard InChI is InChI=1S/C11H13ClN2/c12-11-4-3-9(8-14-11)1-2-10-5-6-13-7-10/h1-4,8,10,13H,5-7H2/b2-1+. The van der Waals surface area contributed by atoms with Crippen molar-refractivity contribution in [1.82, 2.24) is 10.3 Å². The zero-order chi connectivity index (χ0) is 9.80. The van der Waals surface area contributed by atoms with E-state index in [0.717, 1.165) is 18.7 Å². The van der Waals surface area contributed by atoms with Crippen LogP contribution in [-0.2, 0) is 0 Å². The van der Waals surface area contributed by atoms with Crippen molar-refractivity contribution in [3.63, 3.8) is 0 Å². The van der Waals surface area contributed by atoms with Crippen LogP contribution in [0.2, 0.25) is 5.15 Å². The first-order chi connectivity index (χ1) is 6.84. The maximum atomic E-state index is 5.69. The summed E-state index contributed by atoms with van der Waals surface area (Å²) in [7, 11) is 0. The summed E-state index contributed by atoms with van der Waals surface area (Å²) in [5.74, 6) is 0.672. The minimum atomic E-state index is 0.546. The van der Waals surface area contributed by atoms with Gasteiger partial charge in [0.25, 0.3) is 0 Å². The van der Waals surface area contributed by atoms with Gasteiger partial charge in [-0.25, -0.2) is 4.98 Å². The minimum absolute atomic E-state index is 0.546. The molecule has 1 aliphatic rings. The number of halogens is 1. The van der Waals surface area contributed by atoms with Gasteiger partial charge in [0.05, 0.1) is 0 Å². The van der Waals surface area contributed by atoms with Gasteiger partial charge in [0.1, 0.15) is 5.15 Å². The number of nitrogens with zero attached hydrogens (tertiary/aromatic N) is 1. The van der Waals surface area contributed by atoms with E-state index >= 15 is 0 Å². The Hall–Kier alpha value is -0.860. The van der Waals surface area contributed by atoms with Crippen molar-refractivity contribution in [2.75, 3.05) is 13.1 Å². The summed E-state index contributed by atoms with van der Waals surface area (Å²) in [6.45, 7) is 2.23. The molecule has 1 fully saturated rings. The SMILES string of the molecule is Clc1ccc(/C=C/C2CCNC2)cn1. The van der Waals surface area contributed by atoms with Gasteiger partial charge in [0, 0.05) is 12.7 Å². The third-order valence-electron chi connectivity index (χ3n) is 2.41. The van der Waals surface area contributed by atoms with Crippen molar-refractivity contribution in [3.05, 3.63) is 35.1 Å². The second-order valence-electron chi connectivity index (χ2n) is 3.53. The molecular formula is C11H13ClN2. The fraction of sp³-hybridized carbons (Fsp3) is 0.364. The first-order valence-corrected chi connectivity index (χ1v) is 5.23. The van der Waals surface area contributed by atoms with Gasteiger partial charge in [-0.15, -0.1) is 0 Å². The lowest BCUT2D eigenvalue weighted by atomic mass is 10.1. The van der Waals surface area contributed by atoms with Gasteiger partial charge in [-0.2, -0.15) is 0 Å². The van der Waals surface area contributed by atoms with E-state index in [1.165, 1.54) is 6.42 Å². The molecule has 2 rings (SSSR count). The van der Waals surface area contributed by atoms with Crippen LogP contribution in [0.25, 0.3) is 6.08 Å². The summed E-state index contributed by atoms with van der Waals surface area (Å²) in [5.41, 5.74) is 1.11. The molecule has 3 heteroatoms. The van der Waals surface area contributed by atoms with Crippen molar-refractivity contribution in [2.45, 2.75) is 6.42 Å². The van der Waals surface area contributed by atoms with E-state index in [0.29, 0.717) is 11.1 Å². The largest absolute Gasteiger partial charge is 0.316 e.